The molecule has 0 spiro atoms. The summed E-state index contributed by atoms with van der Waals surface area (Å²) in [6.45, 7) is 1.87. The van der Waals surface area contributed by atoms with E-state index in [9.17, 15) is 13.2 Å². The van der Waals surface area contributed by atoms with Crippen LogP contribution in [0.5, 0.6) is 0 Å². The molecule has 0 radical (unpaired) electrons. The zero-order chi connectivity index (χ0) is 17.7. The summed E-state index contributed by atoms with van der Waals surface area (Å²) in [6.07, 6.45) is 3.35. The Labute approximate surface area is 148 Å². The second-order valence-electron chi connectivity index (χ2n) is 6.35. The molecule has 3 rings (SSSR count). The Hall–Kier alpha value is -2.05. The highest BCUT2D eigenvalue weighted by molar-refractivity contribution is 7.91. The van der Waals surface area contributed by atoms with Crippen LogP contribution in [-0.2, 0) is 9.84 Å². The molecule has 6 heteroatoms. The number of piperidine rings is 1. The van der Waals surface area contributed by atoms with E-state index in [1.807, 2.05) is 6.07 Å². The second-order valence-corrected chi connectivity index (χ2v) is 8.46. The monoisotopic (exact) mass is 358 g/mol. The third-order valence-electron chi connectivity index (χ3n) is 4.57. The minimum Gasteiger partial charge on any atom is -0.302 e. The van der Waals surface area contributed by atoms with Crippen molar-refractivity contribution in [3.63, 3.8) is 0 Å². The van der Waals surface area contributed by atoms with Crippen molar-refractivity contribution in [3.05, 3.63) is 60.4 Å². The highest BCUT2D eigenvalue weighted by atomic mass is 32.2. The first-order valence-electron chi connectivity index (χ1n) is 8.52. The third kappa shape index (κ3) is 4.52. The molecular formula is C19H22N2O3S. The largest absolute Gasteiger partial charge is 0.302 e. The average Bonchev–Trinajstić information content (AvgIpc) is 2.67. The molecule has 1 atom stereocenters. The number of hydrogen-bond donors (Lipinski definition) is 0. The van der Waals surface area contributed by atoms with E-state index in [2.05, 4.69) is 9.88 Å². The van der Waals surface area contributed by atoms with Gasteiger partial charge in [0.15, 0.2) is 15.6 Å². The molecule has 0 aliphatic carbocycles. The van der Waals surface area contributed by atoms with Gasteiger partial charge in [-0.3, -0.25) is 9.78 Å². The van der Waals surface area contributed by atoms with Gasteiger partial charge in [0.25, 0.3) is 0 Å². The Balaban J connectivity index is 1.60. The maximum Gasteiger partial charge on any atom is 0.185 e. The van der Waals surface area contributed by atoms with Crippen LogP contribution in [0, 0.1) is 5.92 Å². The highest BCUT2D eigenvalue weighted by Gasteiger charge is 2.28. The summed E-state index contributed by atoms with van der Waals surface area (Å²) in [5, 5.41) is 0. The van der Waals surface area contributed by atoms with Gasteiger partial charge in [0.05, 0.1) is 10.6 Å². The first kappa shape index (κ1) is 17.8. The summed E-state index contributed by atoms with van der Waals surface area (Å²) in [5.41, 5.74) is 0.492. The molecule has 0 bridgehead atoms. The molecule has 2 aromatic rings. The van der Waals surface area contributed by atoms with Gasteiger partial charge in [0.1, 0.15) is 5.69 Å². The van der Waals surface area contributed by atoms with Gasteiger partial charge < -0.3 is 4.90 Å². The zero-order valence-electron chi connectivity index (χ0n) is 14.0. The second kappa shape index (κ2) is 7.89. The van der Waals surface area contributed by atoms with Crippen molar-refractivity contribution in [2.24, 2.45) is 5.92 Å². The molecule has 1 unspecified atom stereocenters. The number of carbonyl (C=O) groups is 1. The number of likely N-dealkylation sites (tertiary alicyclic amines) is 1. The van der Waals surface area contributed by atoms with Crippen LogP contribution in [0.25, 0.3) is 0 Å². The minimum atomic E-state index is -3.29. The standard InChI is InChI=1S/C19H22N2O3S/c22-19(18-10-4-5-11-20-18)16-7-6-12-21(15-16)13-14-25(23,24)17-8-2-1-3-9-17/h1-5,8-11,16H,6-7,12-15H2. The van der Waals surface area contributed by atoms with Crippen molar-refractivity contribution < 1.29 is 13.2 Å². The van der Waals surface area contributed by atoms with Gasteiger partial charge in [-0.05, 0) is 43.7 Å². The van der Waals surface area contributed by atoms with Crippen LogP contribution < -0.4 is 0 Å². The Kier molecular flexibility index (Phi) is 5.60. The smallest absolute Gasteiger partial charge is 0.185 e. The normalized spacial score (nSPS) is 18.8. The Bertz CT molecular complexity index is 807. The fourth-order valence-electron chi connectivity index (χ4n) is 3.19. The Morgan fingerprint density at radius 3 is 2.60 bits per heavy atom. The molecule has 5 nitrogen and oxygen atoms in total. The molecule has 1 aromatic carbocycles. The zero-order valence-corrected chi connectivity index (χ0v) is 14.9. The van der Waals surface area contributed by atoms with E-state index in [1.165, 1.54) is 0 Å². The third-order valence-corrected chi connectivity index (χ3v) is 6.28. The van der Waals surface area contributed by atoms with E-state index < -0.39 is 9.84 Å². The van der Waals surface area contributed by atoms with Crippen molar-refractivity contribution in [3.8, 4) is 0 Å². The fourth-order valence-corrected chi connectivity index (χ4v) is 4.49. The molecule has 1 aliphatic heterocycles. The lowest BCUT2D eigenvalue weighted by molar-refractivity contribution is 0.0821. The first-order valence-corrected chi connectivity index (χ1v) is 10.2. The molecule has 0 saturated carbocycles. The number of Topliss-reactive ketones (excluding diaryl/α,β-unsaturated/α-hetero) is 1. The van der Waals surface area contributed by atoms with Gasteiger partial charge in [0.2, 0.25) is 0 Å². The molecule has 1 fully saturated rings. The molecule has 0 amide bonds. The predicted molar refractivity (Wildman–Crippen MR) is 96.2 cm³/mol. The number of carbonyl (C=O) groups excluding carboxylic acids is 1. The summed E-state index contributed by atoms with van der Waals surface area (Å²) < 4.78 is 24.8. The van der Waals surface area contributed by atoms with Gasteiger partial charge in [-0.15, -0.1) is 0 Å². The van der Waals surface area contributed by atoms with Gasteiger partial charge in [0, 0.05) is 25.2 Å². The number of hydrogen-bond acceptors (Lipinski definition) is 5. The number of aromatic nitrogens is 1. The number of benzene rings is 1. The maximum absolute atomic E-state index is 12.6. The summed E-state index contributed by atoms with van der Waals surface area (Å²) in [5.74, 6) is 0.0147. The summed E-state index contributed by atoms with van der Waals surface area (Å²) in [4.78, 5) is 19.1. The van der Waals surface area contributed by atoms with Crippen LogP contribution in [0.2, 0.25) is 0 Å². The van der Waals surface area contributed by atoms with E-state index in [4.69, 9.17) is 0 Å². The number of rotatable bonds is 6. The lowest BCUT2D eigenvalue weighted by Crippen LogP contribution is -2.41. The van der Waals surface area contributed by atoms with Crippen LogP contribution in [0.4, 0.5) is 0 Å². The number of pyridine rings is 1. The number of ketones is 1. The molecule has 2 heterocycles. The SMILES string of the molecule is O=C(c1ccccn1)C1CCCN(CCS(=O)(=O)c2ccccc2)C1. The van der Waals surface area contributed by atoms with Crippen LogP contribution in [0.3, 0.4) is 0 Å². The number of sulfone groups is 1. The van der Waals surface area contributed by atoms with Crippen LogP contribution in [0.15, 0.2) is 59.6 Å². The average molecular weight is 358 g/mol. The van der Waals surface area contributed by atoms with Gasteiger partial charge in [-0.25, -0.2) is 8.42 Å². The topological polar surface area (TPSA) is 67.3 Å². The van der Waals surface area contributed by atoms with Gasteiger partial charge >= 0.3 is 0 Å². The van der Waals surface area contributed by atoms with Gasteiger partial charge in [-0.1, -0.05) is 24.3 Å². The van der Waals surface area contributed by atoms with Crippen molar-refractivity contribution in [1.82, 2.24) is 9.88 Å². The van der Waals surface area contributed by atoms with Crippen molar-refractivity contribution >= 4 is 15.6 Å². The van der Waals surface area contributed by atoms with E-state index in [1.54, 1.807) is 48.7 Å². The number of nitrogens with zero attached hydrogens (tertiary/aromatic N) is 2. The lowest BCUT2D eigenvalue weighted by atomic mass is 9.92. The van der Waals surface area contributed by atoms with Gasteiger partial charge in [-0.2, -0.15) is 0 Å². The van der Waals surface area contributed by atoms with Crippen LogP contribution in [-0.4, -0.2) is 49.5 Å². The fraction of sp³-hybridized carbons (Fsp3) is 0.368. The molecule has 1 aliphatic rings. The molecule has 25 heavy (non-hydrogen) atoms. The van der Waals surface area contributed by atoms with Crippen LogP contribution >= 0.6 is 0 Å². The Morgan fingerprint density at radius 2 is 1.88 bits per heavy atom. The molecule has 0 N–H and O–H groups in total. The molecule has 1 aromatic heterocycles. The van der Waals surface area contributed by atoms with E-state index >= 15 is 0 Å². The lowest BCUT2D eigenvalue weighted by Gasteiger charge is -2.31. The summed E-state index contributed by atoms with van der Waals surface area (Å²) in [6, 6.07) is 13.9. The van der Waals surface area contributed by atoms with Crippen molar-refractivity contribution in [2.75, 3.05) is 25.4 Å². The van der Waals surface area contributed by atoms with E-state index in [0.717, 1.165) is 19.4 Å². The summed E-state index contributed by atoms with van der Waals surface area (Å²) in [7, 11) is -3.29. The highest BCUT2D eigenvalue weighted by Crippen LogP contribution is 2.20. The Morgan fingerprint density at radius 1 is 1.12 bits per heavy atom. The molecule has 1 saturated heterocycles. The van der Waals surface area contributed by atoms with Crippen LogP contribution in [0.1, 0.15) is 23.3 Å². The van der Waals surface area contributed by atoms with E-state index in [0.29, 0.717) is 23.7 Å². The van der Waals surface area contributed by atoms with Crippen molar-refractivity contribution in [1.29, 1.82) is 0 Å². The quantitative estimate of drug-likeness (QED) is 0.742. The summed E-state index contributed by atoms with van der Waals surface area (Å²) >= 11 is 0. The predicted octanol–water partition coefficient (Wildman–Crippen LogP) is 2.45. The first-order chi connectivity index (χ1) is 12.1. The molecular weight excluding hydrogens is 336 g/mol. The van der Waals surface area contributed by atoms with E-state index in [-0.39, 0.29) is 17.5 Å². The minimum absolute atomic E-state index is 0.0521. The maximum atomic E-state index is 12.6. The molecule has 132 valence electrons. The van der Waals surface area contributed by atoms with Crippen molar-refractivity contribution in [2.45, 2.75) is 17.7 Å².